The van der Waals surface area contributed by atoms with Crippen LogP contribution in [0.4, 0.5) is 4.39 Å². The van der Waals surface area contributed by atoms with E-state index in [0.29, 0.717) is 0 Å². The van der Waals surface area contributed by atoms with E-state index in [1.54, 1.807) is 0 Å². The first-order chi connectivity index (χ1) is 5.28. The Balaban J connectivity index is 2.55. The minimum Gasteiger partial charge on any atom is -0.424 e. The van der Waals surface area contributed by atoms with E-state index in [-0.39, 0.29) is 5.57 Å². The number of rotatable bonds is 2. The molecular formula is C8H11FO3. The lowest BCUT2D eigenvalue weighted by molar-refractivity contribution is -0.152. The number of hydrogen-bond donors (Lipinski definition) is 0. The summed E-state index contributed by atoms with van der Waals surface area (Å²) < 4.78 is 22.2. The van der Waals surface area contributed by atoms with Gasteiger partial charge in [-0.3, -0.25) is 4.74 Å². The van der Waals surface area contributed by atoms with Crippen molar-refractivity contribution in [1.82, 2.24) is 0 Å². The van der Waals surface area contributed by atoms with Gasteiger partial charge in [-0.1, -0.05) is 6.58 Å². The molecule has 1 fully saturated rings. The first kappa shape index (κ1) is 9.19. The molecule has 0 saturated carbocycles. The van der Waals surface area contributed by atoms with Gasteiger partial charge in [-0.15, -0.1) is 0 Å². The van der Waals surface area contributed by atoms with E-state index in [2.05, 4.69) is 16.1 Å². The Morgan fingerprint density at radius 2 is 2.00 bits per heavy atom. The summed E-state index contributed by atoms with van der Waals surface area (Å²) in [6.45, 7) is 7.43. The van der Waals surface area contributed by atoms with Crippen molar-refractivity contribution in [3.63, 3.8) is 0 Å². The van der Waals surface area contributed by atoms with Crippen molar-refractivity contribution < 1.29 is 18.7 Å². The highest BCUT2D eigenvalue weighted by molar-refractivity contribution is 5.87. The fourth-order valence-electron chi connectivity index (χ4n) is 0.716. The molecule has 1 heterocycles. The number of hydrogen-bond acceptors (Lipinski definition) is 3. The highest BCUT2D eigenvalue weighted by Crippen LogP contribution is 2.49. The third-order valence-corrected chi connectivity index (χ3v) is 1.79. The highest BCUT2D eigenvalue weighted by Gasteiger charge is 2.69. The van der Waals surface area contributed by atoms with E-state index >= 15 is 0 Å². The van der Waals surface area contributed by atoms with Crippen molar-refractivity contribution in [3.8, 4) is 0 Å². The summed E-state index contributed by atoms with van der Waals surface area (Å²) in [5, 5.41) is 0. The second-order valence-electron chi connectivity index (χ2n) is 3.13. The van der Waals surface area contributed by atoms with Crippen LogP contribution in [0.1, 0.15) is 20.8 Å². The smallest absolute Gasteiger partial charge is 0.335 e. The molecule has 1 rings (SSSR count). The lowest BCUT2D eigenvalue weighted by Crippen LogP contribution is -2.23. The van der Waals surface area contributed by atoms with Crippen LogP contribution in [-0.2, 0) is 14.3 Å². The van der Waals surface area contributed by atoms with E-state index in [1.165, 1.54) is 20.8 Å². The predicted octanol–water partition coefficient (Wildman–Crippen LogP) is 1.54. The van der Waals surface area contributed by atoms with Gasteiger partial charge >= 0.3 is 5.97 Å². The van der Waals surface area contributed by atoms with Crippen LogP contribution in [0.25, 0.3) is 0 Å². The van der Waals surface area contributed by atoms with Gasteiger partial charge in [0, 0.05) is 19.4 Å². The van der Waals surface area contributed by atoms with Gasteiger partial charge in [0.05, 0.1) is 0 Å². The predicted molar refractivity (Wildman–Crippen MR) is 39.9 cm³/mol. The molecule has 0 aromatic carbocycles. The Morgan fingerprint density at radius 3 is 2.25 bits per heavy atom. The molecule has 2 unspecified atom stereocenters. The van der Waals surface area contributed by atoms with Crippen LogP contribution in [0.5, 0.6) is 0 Å². The SMILES string of the molecule is C=C(C)C(=O)OC1(C)OC1(C)F. The van der Waals surface area contributed by atoms with Gasteiger partial charge in [-0.2, -0.15) is 0 Å². The second kappa shape index (κ2) is 2.29. The highest BCUT2D eigenvalue weighted by atomic mass is 19.2. The van der Waals surface area contributed by atoms with Gasteiger partial charge in [0.15, 0.2) is 0 Å². The van der Waals surface area contributed by atoms with Crippen LogP contribution in [0, 0.1) is 0 Å². The summed E-state index contributed by atoms with van der Waals surface area (Å²) in [7, 11) is 0. The third kappa shape index (κ3) is 1.34. The summed E-state index contributed by atoms with van der Waals surface area (Å²) in [6, 6.07) is 0. The zero-order chi connectivity index (χ0) is 9.57. The van der Waals surface area contributed by atoms with E-state index in [4.69, 9.17) is 0 Å². The van der Waals surface area contributed by atoms with Gasteiger partial charge < -0.3 is 4.74 Å². The summed E-state index contributed by atoms with van der Waals surface area (Å²) in [6.07, 6.45) is 0. The summed E-state index contributed by atoms with van der Waals surface area (Å²) in [4.78, 5) is 10.9. The average molecular weight is 174 g/mol. The second-order valence-corrected chi connectivity index (χ2v) is 3.13. The van der Waals surface area contributed by atoms with Crippen molar-refractivity contribution in [1.29, 1.82) is 0 Å². The minimum absolute atomic E-state index is 0.225. The molecule has 3 nitrogen and oxygen atoms in total. The van der Waals surface area contributed by atoms with Crippen LogP contribution in [0.15, 0.2) is 12.2 Å². The van der Waals surface area contributed by atoms with Gasteiger partial charge in [0.2, 0.25) is 0 Å². The largest absolute Gasteiger partial charge is 0.424 e. The van der Waals surface area contributed by atoms with Crippen LogP contribution in [-0.4, -0.2) is 17.6 Å². The first-order valence-corrected chi connectivity index (χ1v) is 3.56. The number of carbonyl (C=O) groups is 1. The summed E-state index contributed by atoms with van der Waals surface area (Å²) >= 11 is 0. The molecule has 0 radical (unpaired) electrons. The Bertz CT molecular complexity index is 247. The zero-order valence-electron chi connectivity index (χ0n) is 7.31. The molecule has 1 aliphatic heterocycles. The normalized spacial score (nSPS) is 39.0. The average Bonchev–Trinajstić information content (AvgIpc) is 2.30. The molecule has 12 heavy (non-hydrogen) atoms. The fourth-order valence-corrected chi connectivity index (χ4v) is 0.716. The van der Waals surface area contributed by atoms with Crippen molar-refractivity contribution in [2.24, 2.45) is 0 Å². The van der Waals surface area contributed by atoms with Crippen LogP contribution in [0.3, 0.4) is 0 Å². The van der Waals surface area contributed by atoms with E-state index in [1.807, 2.05) is 0 Å². The monoisotopic (exact) mass is 174 g/mol. The molecule has 1 saturated heterocycles. The maximum Gasteiger partial charge on any atom is 0.335 e. The van der Waals surface area contributed by atoms with Gasteiger partial charge in [-0.25, -0.2) is 9.18 Å². The molecule has 0 aromatic heterocycles. The van der Waals surface area contributed by atoms with Gasteiger partial charge in [0.25, 0.3) is 11.6 Å². The number of alkyl halides is 1. The molecule has 4 heteroatoms. The Labute approximate surface area is 70.2 Å². The Hall–Kier alpha value is -0.900. The summed E-state index contributed by atoms with van der Waals surface area (Å²) in [5.41, 5.74) is 0.225. The lowest BCUT2D eigenvalue weighted by Gasteiger charge is -2.08. The lowest BCUT2D eigenvalue weighted by atomic mass is 10.3. The molecule has 1 aliphatic rings. The molecule has 0 amide bonds. The Morgan fingerprint density at radius 1 is 1.58 bits per heavy atom. The van der Waals surface area contributed by atoms with Crippen LogP contribution in [0.2, 0.25) is 0 Å². The number of ether oxygens (including phenoxy) is 2. The fraction of sp³-hybridized carbons (Fsp3) is 0.625. The van der Waals surface area contributed by atoms with E-state index in [9.17, 15) is 9.18 Å². The van der Waals surface area contributed by atoms with Crippen molar-refractivity contribution in [2.45, 2.75) is 32.4 Å². The van der Waals surface area contributed by atoms with E-state index in [0.717, 1.165) is 0 Å². The maximum absolute atomic E-state index is 12.9. The molecule has 0 bridgehead atoms. The topological polar surface area (TPSA) is 38.8 Å². The first-order valence-electron chi connectivity index (χ1n) is 3.56. The molecule has 68 valence electrons. The van der Waals surface area contributed by atoms with Gasteiger partial charge in [0.1, 0.15) is 0 Å². The molecular weight excluding hydrogens is 163 g/mol. The molecule has 2 atom stereocenters. The zero-order valence-corrected chi connectivity index (χ0v) is 7.31. The third-order valence-electron chi connectivity index (χ3n) is 1.79. The molecule has 0 aromatic rings. The van der Waals surface area contributed by atoms with Gasteiger partial charge in [-0.05, 0) is 6.92 Å². The van der Waals surface area contributed by atoms with Crippen molar-refractivity contribution >= 4 is 5.97 Å². The quantitative estimate of drug-likeness (QED) is 0.362. The minimum atomic E-state index is -1.86. The number of halogens is 1. The molecule has 0 aliphatic carbocycles. The van der Waals surface area contributed by atoms with Crippen LogP contribution >= 0.6 is 0 Å². The molecule has 0 N–H and O–H groups in total. The van der Waals surface area contributed by atoms with E-state index < -0.39 is 17.6 Å². The van der Waals surface area contributed by atoms with Crippen molar-refractivity contribution in [3.05, 3.63) is 12.2 Å². The maximum atomic E-state index is 12.9. The standard InChI is InChI=1S/C8H11FO3/c1-5(2)6(10)11-8(4)7(3,9)12-8/h1H2,2-4H3. The van der Waals surface area contributed by atoms with Crippen molar-refractivity contribution in [2.75, 3.05) is 0 Å². The van der Waals surface area contributed by atoms with Crippen LogP contribution < -0.4 is 0 Å². The Kier molecular flexibility index (Phi) is 1.76. The summed E-state index contributed by atoms with van der Waals surface area (Å²) in [5.74, 6) is -3.93. The number of epoxide rings is 1. The number of carbonyl (C=O) groups excluding carboxylic acids is 1. The molecule has 0 spiro atoms. The number of esters is 1.